The van der Waals surface area contributed by atoms with Gasteiger partial charge in [-0.2, -0.15) is 13.2 Å². The minimum absolute atomic E-state index is 0. The molecular formula is C14H18ClF3N2O2. The molecule has 1 aromatic carbocycles. The second kappa shape index (κ2) is 7.80. The number of benzene rings is 1. The number of carbonyl (C=O) groups excluding carboxylic acids is 1. The fraction of sp³-hybridized carbons (Fsp3) is 0.500. The van der Waals surface area contributed by atoms with Gasteiger partial charge in [0.2, 0.25) is 0 Å². The summed E-state index contributed by atoms with van der Waals surface area (Å²) in [5.74, 6) is -0.419. The van der Waals surface area contributed by atoms with Crippen LogP contribution >= 0.6 is 12.4 Å². The van der Waals surface area contributed by atoms with E-state index in [2.05, 4.69) is 5.32 Å². The summed E-state index contributed by atoms with van der Waals surface area (Å²) in [5.41, 5.74) is 4.97. The number of ether oxygens (including phenoxy) is 1. The van der Waals surface area contributed by atoms with Crippen molar-refractivity contribution in [3.05, 3.63) is 29.3 Å². The van der Waals surface area contributed by atoms with Crippen molar-refractivity contribution in [1.82, 2.24) is 0 Å². The summed E-state index contributed by atoms with van der Waals surface area (Å²) in [4.78, 5) is 12.0. The molecule has 1 heterocycles. The highest BCUT2D eigenvalue weighted by molar-refractivity contribution is 5.94. The van der Waals surface area contributed by atoms with Crippen LogP contribution in [0.15, 0.2) is 18.2 Å². The molecule has 1 fully saturated rings. The van der Waals surface area contributed by atoms with Crippen LogP contribution in [0.4, 0.5) is 18.9 Å². The molecule has 124 valence electrons. The summed E-state index contributed by atoms with van der Waals surface area (Å²) in [5, 5.41) is 2.48. The second-order valence-corrected chi connectivity index (χ2v) is 4.96. The Balaban J connectivity index is 0.00000242. The van der Waals surface area contributed by atoms with Gasteiger partial charge < -0.3 is 15.8 Å². The third-order valence-corrected chi connectivity index (χ3v) is 3.30. The molecule has 1 amide bonds. The maximum absolute atomic E-state index is 12.8. The van der Waals surface area contributed by atoms with Crippen LogP contribution in [0.2, 0.25) is 0 Å². The molecule has 4 nitrogen and oxygen atoms in total. The van der Waals surface area contributed by atoms with Crippen LogP contribution in [0.5, 0.6) is 0 Å². The molecule has 0 spiro atoms. The van der Waals surface area contributed by atoms with Gasteiger partial charge in [0, 0.05) is 18.8 Å². The zero-order chi connectivity index (χ0) is 15.5. The Labute approximate surface area is 132 Å². The number of carbonyl (C=O) groups is 1. The van der Waals surface area contributed by atoms with Crippen molar-refractivity contribution in [1.29, 1.82) is 0 Å². The molecule has 22 heavy (non-hydrogen) atoms. The van der Waals surface area contributed by atoms with E-state index in [0.717, 1.165) is 25.0 Å². The second-order valence-electron chi connectivity index (χ2n) is 4.96. The van der Waals surface area contributed by atoms with Gasteiger partial charge in [0.25, 0.3) is 5.91 Å². The molecule has 1 unspecified atom stereocenters. The van der Waals surface area contributed by atoms with Gasteiger partial charge in [0.05, 0.1) is 5.56 Å². The normalized spacial score (nSPS) is 18.5. The maximum atomic E-state index is 12.8. The van der Waals surface area contributed by atoms with E-state index >= 15 is 0 Å². The van der Waals surface area contributed by atoms with Crippen molar-refractivity contribution in [2.75, 3.05) is 11.9 Å². The van der Waals surface area contributed by atoms with E-state index in [1.807, 2.05) is 0 Å². The van der Waals surface area contributed by atoms with Crippen molar-refractivity contribution >= 4 is 24.0 Å². The van der Waals surface area contributed by atoms with E-state index in [0.29, 0.717) is 18.6 Å². The third kappa shape index (κ3) is 4.86. The summed E-state index contributed by atoms with van der Waals surface area (Å²) in [6.45, 7) is 0.460. The Kier molecular flexibility index (Phi) is 6.65. The van der Waals surface area contributed by atoms with Gasteiger partial charge in [-0.05, 0) is 43.0 Å². The Morgan fingerprint density at radius 1 is 1.32 bits per heavy atom. The zero-order valence-electron chi connectivity index (χ0n) is 11.8. The standard InChI is InChI=1S/C14H17F3N2O2.ClH/c15-14(16,17)10-5-9(8-18)6-11(7-10)19-13(20)12-3-1-2-4-21-12;/h5-7,12H,1-4,8,18H2,(H,19,20);1H. The Bertz CT molecular complexity index is 517. The first kappa shape index (κ1) is 18.7. The highest BCUT2D eigenvalue weighted by atomic mass is 35.5. The lowest BCUT2D eigenvalue weighted by molar-refractivity contribution is -0.137. The summed E-state index contributed by atoms with van der Waals surface area (Å²) in [6.07, 6.45) is -2.74. The van der Waals surface area contributed by atoms with Gasteiger partial charge in [-0.3, -0.25) is 4.79 Å². The lowest BCUT2D eigenvalue weighted by Crippen LogP contribution is -2.33. The fourth-order valence-electron chi connectivity index (χ4n) is 2.22. The van der Waals surface area contributed by atoms with E-state index in [1.165, 1.54) is 6.07 Å². The largest absolute Gasteiger partial charge is 0.416 e. The topological polar surface area (TPSA) is 64.3 Å². The van der Waals surface area contributed by atoms with E-state index < -0.39 is 23.8 Å². The van der Waals surface area contributed by atoms with E-state index in [1.54, 1.807) is 0 Å². The molecular weight excluding hydrogens is 321 g/mol. The Hall–Kier alpha value is -1.31. The molecule has 0 bridgehead atoms. The number of amides is 1. The predicted molar refractivity (Wildman–Crippen MR) is 78.8 cm³/mol. The van der Waals surface area contributed by atoms with E-state index in [9.17, 15) is 18.0 Å². The molecule has 0 saturated carbocycles. The number of halogens is 4. The first-order valence-electron chi connectivity index (χ1n) is 6.74. The average Bonchev–Trinajstić information content (AvgIpc) is 2.46. The molecule has 2 rings (SSSR count). The number of nitrogens with two attached hydrogens (primary N) is 1. The number of hydrogen-bond acceptors (Lipinski definition) is 3. The fourth-order valence-corrected chi connectivity index (χ4v) is 2.22. The molecule has 0 radical (unpaired) electrons. The van der Waals surface area contributed by atoms with Crippen LogP contribution < -0.4 is 11.1 Å². The highest BCUT2D eigenvalue weighted by Crippen LogP contribution is 2.32. The Morgan fingerprint density at radius 2 is 2.05 bits per heavy atom. The minimum atomic E-state index is -4.48. The van der Waals surface area contributed by atoms with E-state index in [-0.39, 0.29) is 24.6 Å². The molecule has 8 heteroatoms. The van der Waals surface area contributed by atoms with Crippen LogP contribution in [0.25, 0.3) is 0 Å². The number of hydrogen-bond donors (Lipinski definition) is 2. The first-order valence-corrected chi connectivity index (χ1v) is 6.74. The molecule has 1 saturated heterocycles. The quantitative estimate of drug-likeness (QED) is 0.890. The average molecular weight is 339 g/mol. The number of anilines is 1. The summed E-state index contributed by atoms with van der Waals surface area (Å²) in [6, 6.07) is 3.32. The SMILES string of the molecule is Cl.NCc1cc(NC(=O)C2CCCCO2)cc(C(F)(F)F)c1. The minimum Gasteiger partial charge on any atom is -0.368 e. The van der Waals surface area contributed by atoms with Gasteiger partial charge >= 0.3 is 6.18 Å². The van der Waals surface area contributed by atoms with E-state index in [4.69, 9.17) is 10.5 Å². The lowest BCUT2D eigenvalue weighted by Gasteiger charge is -2.22. The molecule has 1 aliphatic rings. The van der Waals surface area contributed by atoms with Gasteiger partial charge in [-0.1, -0.05) is 0 Å². The van der Waals surface area contributed by atoms with Gasteiger partial charge in [-0.25, -0.2) is 0 Å². The van der Waals surface area contributed by atoms with Crippen LogP contribution in [0.1, 0.15) is 30.4 Å². The smallest absolute Gasteiger partial charge is 0.368 e. The van der Waals surface area contributed by atoms with Gasteiger partial charge in [0.15, 0.2) is 0 Å². The summed E-state index contributed by atoms with van der Waals surface area (Å²) >= 11 is 0. The van der Waals surface area contributed by atoms with Crippen LogP contribution in [0, 0.1) is 0 Å². The van der Waals surface area contributed by atoms with Gasteiger partial charge in [0.1, 0.15) is 6.10 Å². The van der Waals surface area contributed by atoms with Crippen molar-refractivity contribution < 1.29 is 22.7 Å². The number of nitrogens with one attached hydrogen (secondary N) is 1. The van der Waals surface area contributed by atoms with Crippen LogP contribution in [-0.2, 0) is 22.3 Å². The molecule has 3 N–H and O–H groups in total. The van der Waals surface area contributed by atoms with Crippen molar-refractivity contribution in [2.24, 2.45) is 5.73 Å². The number of alkyl halides is 3. The monoisotopic (exact) mass is 338 g/mol. The van der Waals surface area contributed by atoms with Crippen LogP contribution in [0.3, 0.4) is 0 Å². The molecule has 0 aromatic heterocycles. The maximum Gasteiger partial charge on any atom is 0.416 e. The third-order valence-electron chi connectivity index (χ3n) is 3.30. The Morgan fingerprint density at radius 3 is 2.59 bits per heavy atom. The molecule has 0 aliphatic carbocycles. The molecule has 1 atom stereocenters. The predicted octanol–water partition coefficient (Wildman–Crippen LogP) is 3.09. The lowest BCUT2D eigenvalue weighted by atomic mass is 10.1. The highest BCUT2D eigenvalue weighted by Gasteiger charge is 2.31. The molecule has 1 aliphatic heterocycles. The van der Waals surface area contributed by atoms with Crippen LogP contribution in [-0.4, -0.2) is 18.6 Å². The summed E-state index contributed by atoms with van der Waals surface area (Å²) < 4.78 is 43.7. The molecule has 1 aromatic rings. The van der Waals surface area contributed by atoms with Gasteiger partial charge in [-0.15, -0.1) is 12.4 Å². The zero-order valence-corrected chi connectivity index (χ0v) is 12.6. The van der Waals surface area contributed by atoms with Crippen molar-refractivity contribution in [3.8, 4) is 0 Å². The van der Waals surface area contributed by atoms with Crippen molar-refractivity contribution in [2.45, 2.75) is 38.1 Å². The first-order chi connectivity index (χ1) is 9.90. The summed E-state index contributed by atoms with van der Waals surface area (Å²) in [7, 11) is 0. The van der Waals surface area contributed by atoms with Crippen molar-refractivity contribution in [3.63, 3.8) is 0 Å². The number of rotatable bonds is 3.